The van der Waals surface area contributed by atoms with Gasteiger partial charge in [0.15, 0.2) is 5.76 Å². The van der Waals surface area contributed by atoms with Gasteiger partial charge in [0.2, 0.25) is 10.9 Å². The fourth-order valence-corrected chi connectivity index (χ4v) is 3.60. The summed E-state index contributed by atoms with van der Waals surface area (Å²) < 4.78 is 6.75. The minimum absolute atomic E-state index is 0.0797. The van der Waals surface area contributed by atoms with Crippen LogP contribution in [0.15, 0.2) is 29.1 Å². The van der Waals surface area contributed by atoms with E-state index in [0.29, 0.717) is 44.8 Å². The van der Waals surface area contributed by atoms with Gasteiger partial charge in [0.25, 0.3) is 5.91 Å². The second kappa shape index (κ2) is 6.63. The average Bonchev–Trinajstić information content (AvgIpc) is 3.36. The molecular formula is C15H16N6O3S. The molecule has 0 atom stereocenters. The van der Waals surface area contributed by atoms with E-state index in [9.17, 15) is 9.59 Å². The molecule has 10 heteroatoms. The molecule has 0 saturated carbocycles. The number of hydrogen-bond donors (Lipinski definition) is 0. The van der Waals surface area contributed by atoms with E-state index >= 15 is 0 Å². The van der Waals surface area contributed by atoms with Crippen LogP contribution in [0.3, 0.4) is 0 Å². The van der Waals surface area contributed by atoms with Crippen molar-refractivity contribution in [1.82, 2.24) is 29.6 Å². The third-order valence-corrected chi connectivity index (χ3v) is 5.11. The van der Waals surface area contributed by atoms with Gasteiger partial charge in [-0.25, -0.2) is 0 Å². The molecule has 1 aliphatic rings. The minimum Gasteiger partial charge on any atom is -0.459 e. The molecule has 25 heavy (non-hydrogen) atoms. The first kappa shape index (κ1) is 15.8. The first-order valence-corrected chi connectivity index (χ1v) is 8.78. The topological polar surface area (TPSA) is 96.8 Å². The number of piperazine rings is 1. The molecule has 1 aliphatic heterocycles. The van der Waals surface area contributed by atoms with Crippen molar-refractivity contribution in [3.05, 3.63) is 35.5 Å². The zero-order valence-corrected chi connectivity index (χ0v) is 14.2. The SMILES string of the molecule is O=C(CCc1nn2cnnc2s1)N1CCN(C(=O)c2ccco2)CC1. The van der Waals surface area contributed by atoms with E-state index in [4.69, 9.17) is 4.42 Å². The van der Waals surface area contributed by atoms with Crippen molar-refractivity contribution in [3.8, 4) is 0 Å². The fourth-order valence-electron chi connectivity index (χ4n) is 2.79. The van der Waals surface area contributed by atoms with Crippen LogP contribution in [0.2, 0.25) is 0 Å². The lowest BCUT2D eigenvalue weighted by Gasteiger charge is -2.34. The molecule has 1 fully saturated rings. The molecule has 0 spiro atoms. The number of rotatable bonds is 4. The first-order chi connectivity index (χ1) is 12.2. The van der Waals surface area contributed by atoms with E-state index in [0.717, 1.165) is 9.97 Å². The van der Waals surface area contributed by atoms with Crippen LogP contribution in [0, 0.1) is 0 Å². The monoisotopic (exact) mass is 360 g/mol. The van der Waals surface area contributed by atoms with Gasteiger partial charge in [0, 0.05) is 39.0 Å². The number of carbonyl (C=O) groups is 2. The van der Waals surface area contributed by atoms with Crippen LogP contribution in [0.1, 0.15) is 22.0 Å². The zero-order valence-electron chi connectivity index (χ0n) is 13.4. The molecule has 0 bridgehead atoms. The largest absolute Gasteiger partial charge is 0.459 e. The molecule has 4 rings (SSSR count). The lowest BCUT2D eigenvalue weighted by atomic mass is 10.2. The Morgan fingerprint density at radius 3 is 2.72 bits per heavy atom. The van der Waals surface area contributed by atoms with Crippen molar-refractivity contribution in [1.29, 1.82) is 0 Å². The van der Waals surface area contributed by atoms with Gasteiger partial charge in [-0.3, -0.25) is 9.59 Å². The molecule has 0 N–H and O–H groups in total. The average molecular weight is 360 g/mol. The Morgan fingerprint density at radius 2 is 2.00 bits per heavy atom. The van der Waals surface area contributed by atoms with Crippen molar-refractivity contribution in [2.75, 3.05) is 26.2 Å². The summed E-state index contributed by atoms with van der Waals surface area (Å²) >= 11 is 1.44. The summed E-state index contributed by atoms with van der Waals surface area (Å²) in [6.07, 6.45) is 4.01. The number of aromatic nitrogens is 4. The molecular weight excluding hydrogens is 344 g/mol. The predicted molar refractivity (Wildman–Crippen MR) is 88.2 cm³/mol. The van der Waals surface area contributed by atoms with Crippen molar-refractivity contribution < 1.29 is 14.0 Å². The highest BCUT2D eigenvalue weighted by atomic mass is 32.1. The van der Waals surface area contributed by atoms with Gasteiger partial charge >= 0.3 is 0 Å². The van der Waals surface area contributed by atoms with Crippen LogP contribution >= 0.6 is 11.3 Å². The Labute approximate surface area is 146 Å². The number of aryl methyl sites for hydroxylation is 1. The van der Waals surface area contributed by atoms with E-state index < -0.39 is 0 Å². The second-order valence-electron chi connectivity index (χ2n) is 5.70. The molecule has 3 aromatic heterocycles. The van der Waals surface area contributed by atoms with E-state index in [1.807, 2.05) is 0 Å². The molecule has 9 nitrogen and oxygen atoms in total. The highest BCUT2D eigenvalue weighted by molar-refractivity contribution is 7.16. The third-order valence-electron chi connectivity index (χ3n) is 4.13. The van der Waals surface area contributed by atoms with Crippen molar-refractivity contribution >= 4 is 28.1 Å². The summed E-state index contributed by atoms with van der Waals surface area (Å²) in [5.74, 6) is 0.288. The third kappa shape index (κ3) is 3.25. The van der Waals surface area contributed by atoms with Crippen LogP contribution < -0.4 is 0 Å². The minimum atomic E-state index is -0.128. The normalized spacial score (nSPS) is 15.0. The smallest absolute Gasteiger partial charge is 0.289 e. The van der Waals surface area contributed by atoms with Crippen LogP contribution in [0.5, 0.6) is 0 Å². The quantitative estimate of drug-likeness (QED) is 0.679. The summed E-state index contributed by atoms with van der Waals surface area (Å²) in [4.78, 5) is 28.8. The molecule has 130 valence electrons. The van der Waals surface area contributed by atoms with Gasteiger partial charge in [-0.1, -0.05) is 11.3 Å². The van der Waals surface area contributed by atoms with Gasteiger partial charge in [0.05, 0.1) is 6.26 Å². The van der Waals surface area contributed by atoms with Crippen molar-refractivity contribution in [2.45, 2.75) is 12.8 Å². The molecule has 1 saturated heterocycles. The molecule has 0 aromatic carbocycles. The molecule has 3 aromatic rings. The fraction of sp³-hybridized carbons (Fsp3) is 0.400. The lowest BCUT2D eigenvalue weighted by molar-refractivity contribution is -0.132. The number of hydrogen-bond acceptors (Lipinski definition) is 7. The molecule has 2 amide bonds. The van der Waals surface area contributed by atoms with Crippen molar-refractivity contribution in [3.63, 3.8) is 0 Å². The van der Waals surface area contributed by atoms with E-state index in [1.54, 1.807) is 32.8 Å². The second-order valence-corrected chi connectivity index (χ2v) is 6.74. The summed E-state index contributed by atoms with van der Waals surface area (Å²) in [5.41, 5.74) is 0. The Bertz CT molecular complexity index is 850. The predicted octanol–water partition coefficient (Wildman–Crippen LogP) is 0.696. The van der Waals surface area contributed by atoms with Crippen LogP contribution in [-0.4, -0.2) is 67.6 Å². The summed E-state index contributed by atoms with van der Waals surface area (Å²) in [6.45, 7) is 2.11. The summed E-state index contributed by atoms with van der Waals surface area (Å²) in [6, 6.07) is 3.35. The van der Waals surface area contributed by atoms with Gasteiger partial charge in [0.1, 0.15) is 11.3 Å². The molecule has 4 heterocycles. The number of fused-ring (bicyclic) bond motifs is 1. The van der Waals surface area contributed by atoms with Gasteiger partial charge in [-0.05, 0) is 12.1 Å². The van der Waals surface area contributed by atoms with Gasteiger partial charge < -0.3 is 14.2 Å². The zero-order chi connectivity index (χ0) is 17.2. The Hall–Kier alpha value is -2.75. The Morgan fingerprint density at radius 1 is 1.20 bits per heavy atom. The molecule has 0 radical (unpaired) electrons. The maximum Gasteiger partial charge on any atom is 0.289 e. The molecule has 0 unspecified atom stereocenters. The van der Waals surface area contributed by atoms with Crippen molar-refractivity contribution in [2.24, 2.45) is 0 Å². The summed E-state index contributed by atoms with van der Waals surface area (Å²) in [7, 11) is 0. The lowest BCUT2D eigenvalue weighted by Crippen LogP contribution is -2.50. The highest BCUT2D eigenvalue weighted by Crippen LogP contribution is 2.15. The van der Waals surface area contributed by atoms with Crippen LogP contribution in [-0.2, 0) is 11.2 Å². The van der Waals surface area contributed by atoms with E-state index in [2.05, 4.69) is 15.3 Å². The summed E-state index contributed by atoms with van der Waals surface area (Å²) in [5, 5.41) is 12.9. The number of nitrogens with zero attached hydrogens (tertiary/aromatic N) is 6. The number of furan rings is 1. The number of amides is 2. The standard InChI is InChI=1S/C15H16N6O3S/c22-13(4-3-12-18-21-10-16-17-15(21)25-12)19-5-7-20(8-6-19)14(23)11-2-1-9-24-11/h1-2,9-10H,3-8H2. The maximum absolute atomic E-state index is 12.4. The number of carbonyl (C=O) groups excluding carboxylic acids is 2. The van der Waals surface area contributed by atoms with Gasteiger partial charge in [-0.2, -0.15) is 9.61 Å². The van der Waals surface area contributed by atoms with Crippen LogP contribution in [0.25, 0.3) is 4.96 Å². The van der Waals surface area contributed by atoms with E-state index in [1.165, 1.54) is 17.6 Å². The maximum atomic E-state index is 12.4. The van der Waals surface area contributed by atoms with Crippen LogP contribution in [0.4, 0.5) is 0 Å². The Kier molecular flexibility index (Phi) is 4.18. The highest BCUT2D eigenvalue weighted by Gasteiger charge is 2.26. The van der Waals surface area contributed by atoms with E-state index in [-0.39, 0.29) is 11.8 Å². The molecule has 0 aliphatic carbocycles. The Balaban J connectivity index is 1.27. The van der Waals surface area contributed by atoms with Gasteiger partial charge in [-0.15, -0.1) is 10.2 Å². The first-order valence-electron chi connectivity index (χ1n) is 7.97.